The van der Waals surface area contributed by atoms with Crippen LogP contribution < -0.4 is 11.1 Å². The number of nitrogen functional groups attached to an aromatic ring is 1. The first-order valence-electron chi connectivity index (χ1n) is 6.53. The summed E-state index contributed by atoms with van der Waals surface area (Å²) in [6, 6.07) is 12.3. The van der Waals surface area contributed by atoms with Crippen LogP contribution in [0.3, 0.4) is 0 Å². The normalized spacial score (nSPS) is 10.4. The minimum atomic E-state index is -0.484. The van der Waals surface area contributed by atoms with Crippen molar-refractivity contribution in [2.75, 3.05) is 16.8 Å². The number of amides is 1. The average Bonchev–Trinajstić information content (AvgIpc) is 2.43. The highest BCUT2D eigenvalue weighted by Crippen LogP contribution is 2.17. The highest BCUT2D eigenvalue weighted by atomic mass is 32.2. The van der Waals surface area contributed by atoms with Crippen molar-refractivity contribution in [2.24, 2.45) is 0 Å². The molecule has 3 N–H and O–H groups in total. The van der Waals surface area contributed by atoms with Gasteiger partial charge in [-0.05, 0) is 30.7 Å². The van der Waals surface area contributed by atoms with Crippen molar-refractivity contribution in [3.63, 3.8) is 0 Å². The molecule has 0 saturated heterocycles. The fourth-order valence-electron chi connectivity index (χ4n) is 1.88. The molecule has 0 atom stereocenters. The Balaban J connectivity index is 1.81. The first-order valence-corrected chi connectivity index (χ1v) is 7.68. The van der Waals surface area contributed by atoms with E-state index in [0.29, 0.717) is 11.4 Å². The van der Waals surface area contributed by atoms with Crippen LogP contribution in [0.15, 0.2) is 42.5 Å². The topological polar surface area (TPSA) is 55.1 Å². The molecule has 1 amide bonds. The molecule has 0 saturated carbocycles. The van der Waals surface area contributed by atoms with Crippen molar-refractivity contribution >= 4 is 29.0 Å². The molecular formula is C16H17FN2OS. The number of carbonyl (C=O) groups is 1. The lowest BCUT2D eigenvalue weighted by Crippen LogP contribution is -2.14. The second-order valence-corrected chi connectivity index (χ2v) is 5.75. The molecule has 110 valence electrons. The van der Waals surface area contributed by atoms with Crippen LogP contribution >= 0.6 is 11.8 Å². The van der Waals surface area contributed by atoms with Gasteiger partial charge in [0.05, 0.1) is 11.4 Å². The lowest BCUT2D eigenvalue weighted by molar-refractivity contribution is -0.113. The molecule has 0 aromatic heterocycles. The average molecular weight is 304 g/mol. The number of rotatable bonds is 5. The van der Waals surface area contributed by atoms with Gasteiger partial charge >= 0.3 is 0 Å². The van der Waals surface area contributed by atoms with Crippen molar-refractivity contribution in [1.29, 1.82) is 0 Å². The van der Waals surface area contributed by atoms with E-state index in [1.807, 2.05) is 25.1 Å². The number of nitrogens with two attached hydrogens (primary N) is 1. The second kappa shape index (κ2) is 7.13. The number of hydrogen-bond donors (Lipinski definition) is 2. The van der Waals surface area contributed by atoms with Gasteiger partial charge in [-0.1, -0.05) is 29.8 Å². The Morgan fingerprint density at radius 3 is 2.81 bits per heavy atom. The van der Waals surface area contributed by atoms with Crippen LogP contribution in [0.25, 0.3) is 0 Å². The smallest absolute Gasteiger partial charge is 0.234 e. The fraction of sp³-hybridized carbons (Fsp3) is 0.188. The van der Waals surface area contributed by atoms with E-state index in [1.54, 1.807) is 0 Å². The molecule has 0 fully saturated rings. The molecule has 0 aliphatic heterocycles. The van der Waals surface area contributed by atoms with E-state index in [0.717, 1.165) is 5.75 Å². The number of anilines is 2. The number of halogens is 1. The van der Waals surface area contributed by atoms with Crippen LogP contribution in [0.1, 0.15) is 11.1 Å². The van der Waals surface area contributed by atoms with E-state index in [-0.39, 0.29) is 11.6 Å². The van der Waals surface area contributed by atoms with Gasteiger partial charge in [0, 0.05) is 11.4 Å². The van der Waals surface area contributed by atoms with Gasteiger partial charge in [0.25, 0.3) is 0 Å². The molecule has 21 heavy (non-hydrogen) atoms. The minimum Gasteiger partial charge on any atom is -0.396 e. The maximum absolute atomic E-state index is 13.0. The minimum absolute atomic E-state index is 0.0280. The predicted molar refractivity (Wildman–Crippen MR) is 86.8 cm³/mol. The highest BCUT2D eigenvalue weighted by molar-refractivity contribution is 7.99. The second-order valence-electron chi connectivity index (χ2n) is 4.77. The van der Waals surface area contributed by atoms with Crippen molar-refractivity contribution in [3.8, 4) is 0 Å². The zero-order valence-corrected chi connectivity index (χ0v) is 12.5. The first-order chi connectivity index (χ1) is 10.0. The Kier molecular flexibility index (Phi) is 5.22. The van der Waals surface area contributed by atoms with Crippen LogP contribution in [0.2, 0.25) is 0 Å². The summed E-state index contributed by atoms with van der Waals surface area (Å²) in [7, 11) is 0. The van der Waals surface area contributed by atoms with Crippen LogP contribution in [-0.2, 0) is 10.5 Å². The fourth-order valence-corrected chi connectivity index (χ4v) is 2.66. The lowest BCUT2D eigenvalue weighted by Gasteiger charge is -2.07. The predicted octanol–water partition coefficient (Wildman–Crippen LogP) is 3.59. The Labute approximate surface area is 127 Å². The summed E-state index contributed by atoms with van der Waals surface area (Å²) in [6.07, 6.45) is 0. The maximum Gasteiger partial charge on any atom is 0.234 e. The van der Waals surface area contributed by atoms with Gasteiger partial charge in [-0.3, -0.25) is 4.79 Å². The SMILES string of the molecule is Cc1cccc(CSCC(=O)Nc2ccc(F)c(N)c2)c1. The number of benzene rings is 2. The molecule has 3 nitrogen and oxygen atoms in total. The van der Waals surface area contributed by atoms with E-state index >= 15 is 0 Å². The van der Waals surface area contributed by atoms with E-state index in [1.165, 1.54) is 41.1 Å². The molecule has 0 bridgehead atoms. The molecule has 0 aliphatic carbocycles. The van der Waals surface area contributed by atoms with Crippen molar-refractivity contribution < 1.29 is 9.18 Å². The third-order valence-electron chi connectivity index (χ3n) is 2.86. The van der Waals surface area contributed by atoms with Gasteiger partial charge < -0.3 is 11.1 Å². The van der Waals surface area contributed by atoms with Gasteiger partial charge in [-0.25, -0.2) is 4.39 Å². The van der Waals surface area contributed by atoms with Gasteiger partial charge in [0.1, 0.15) is 5.82 Å². The lowest BCUT2D eigenvalue weighted by atomic mass is 10.2. The van der Waals surface area contributed by atoms with Crippen LogP contribution in [0.5, 0.6) is 0 Å². The summed E-state index contributed by atoms with van der Waals surface area (Å²) in [6.45, 7) is 2.04. The molecule has 2 aromatic carbocycles. The van der Waals surface area contributed by atoms with E-state index < -0.39 is 5.82 Å². The Hall–Kier alpha value is -2.01. The highest BCUT2D eigenvalue weighted by Gasteiger charge is 2.05. The zero-order chi connectivity index (χ0) is 15.2. The van der Waals surface area contributed by atoms with E-state index in [4.69, 9.17) is 5.73 Å². The Bertz CT molecular complexity index is 646. The summed E-state index contributed by atoms with van der Waals surface area (Å²) in [5.41, 5.74) is 8.39. The quantitative estimate of drug-likeness (QED) is 0.830. The summed E-state index contributed by atoms with van der Waals surface area (Å²) in [5.74, 6) is 0.506. The van der Waals surface area contributed by atoms with Crippen molar-refractivity contribution in [1.82, 2.24) is 0 Å². The van der Waals surface area contributed by atoms with Crippen LogP contribution in [0, 0.1) is 12.7 Å². The number of nitrogens with one attached hydrogen (secondary N) is 1. The number of hydrogen-bond acceptors (Lipinski definition) is 3. The van der Waals surface area contributed by atoms with E-state index in [9.17, 15) is 9.18 Å². The summed E-state index contributed by atoms with van der Waals surface area (Å²) >= 11 is 1.53. The molecule has 2 rings (SSSR count). The molecular weight excluding hydrogens is 287 g/mol. The number of aryl methyl sites for hydroxylation is 1. The summed E-state index contributed by atoms with van der Waals surface area (Å²) in [4.78, 5) is 11.8. The molecule has 0 unspecified atom stereocenters. The molecule has 0 aliphatic rings. The van der Waals surface area contributed by atoms with Crippen LogP contribution in [0.4, 0.5) is 15.8 Å². The van der Waals surface area contributed by atoms with Gasteiger partial charge in [-0.2, -0.15) is 0 Å². The zero-order valence-electron chi connectivity index (χ0n) is 11.7. The molecule has 0 spiro atoms. The first kappa shape index (κ1) is 15.4. The molecule has 0 radical (unpaired) electrons. The molecule has 0 heterocycles. The van der Waals surface area contributed by atoms with Gasteiger partial charge in [0.2, 0.25) is 5.91 Å². The van der Waals surface area contributed by atoms with Crippen LogP contribution in [-0.4, -0.2) is 11.7 Å². The van der Waals surface area contributed by atoms with Gasteiger partial charge in [-0.15, -0.1) is 11.8 Å². The third kappa shape index (κ3) is 4.79. The van der Waals surface area contributed by atoms with Gasteiger partial charge in [0.15, 0.2) is 0 Å². The Morgan fingerprint density at radius 1 is 1.29 bits per heavy atom. The molecule has 2 aromatic rings. The van der Waals surface area contributed by atoms with E-state index in [2.05, 4.69) is 11.4 Å². The summed E-state index contributed by atoms with van der Waals surface area (Å²) < 4.78 is 13.0. The third-order valence-corrected chi connectivity index (χ3v) is 3.87. The number of thioether (sulfide) groups is 1. The standard InChI is InChI=1S/C16H17FN2OS/c1-11-3-2-4-12(7-11)9-21-10-16(20)19-13-5-6-14(17)15(18)8-13/h2-8H,9-10,18H2,1H3,(H,19,20). The maximum atomic E-state index is 13.0. The van der Waals surface area contributed by atoms with Crippen molar-refractivity contribution in [3.05, 3.63) is 59.4 Å². The monoisotopic (exact) mass is 304 g/mol. The molecule has 5 heteroatoms. The van der Waals surface area contributed by atoms with Crippen molar-refractivity contribution in [2.45, 2.75) is 12.7 Å². The largest absolute Gasteiger partial charge is 0.396 e. The summed E-state index contributed by atoms with van der Waals surface area (Å²) in [5, 5.41) is 2.70. The Morgan fingerprint density at radius 2 is 2.10 bits per heavy atom. The number of carbonyl (C=O) groups excluding carboxylic acids is 1.